The maximum Gasteiger partial charge on any atom is 0.190 e. The van der Waals surface area contributed by atoms with E-state index in [4.69, 9.17) is 16.9 Å². The normalized spacial score (nSPS) is 10.6. The van der Waals surface area contributed by atoms with Gasteiger partial charge in [-0.05, 0) is 24.3 Å². The summed E-state index contributed by atoms with van der Waals surface area (Å²) in [5.74, 6) is -2.15. The average molecular weight is 317 g/mol. The van der Waals surface area contributed by atoms with Crippen LogP contribution in [0.15, 0.2) is 41.2 Å². The van der Waals surface area contributed by atoms with Crippen molar-refractivity contribution in [3.05, 3.63) is 68.8 Å². The molecule has 0 unspecified atom stereocenters. The fourth-order valence-corrected chi connectivity index (χ4v) is 2.41. The highest BCUT2D eigenvalue weighted by molar-refractivity contribution is 6.33. The van der Waals surface area contributed by atoms with Gasteiger partial charge in [-0.2, -0.15) is 5.26 Å². The van der Waals surface area contributed by atoms with Crippen LogP contribution in [0.1, 0.15) is 5.56 Å². The van der Waals surface area contributed by atoms with E-state index in [0.29, 0.717) is 21.8 Å². The Bertz CT molecular complexity index is 1010. The number of nitrogens with one attached hydrogen (secondary N) is 1. The molecule has 6 heteroatoms. The van der Waals surface area contributed by atoms with Gasteiger partial charge in [-0.25, -0.2) is 8.78 Å². The summed E-state index contributed by atoms with van der Waals surface area (Å²) in [5, 5.41) is 9.30. The second kappa shape index (κ2) is 5.24. The number of hydrogen-bond acceptors (Lipinski definition) is 2. The quantitative estimate of drug-likeness (QED) is 0.737. The van der Waals surface area contributed by atoms with Crippen molar-refractivity contribution in [3.63, 3.8) is 0 Å². The van der Waals surface area contributed by atoms with Gasteiger partial charge in [0.1, 0.15) is 0 Å². The molecular formula is C16H7ClF2N2O. The highest BCUT2D eigenvalue weighted by Crippen LogP contribution is 2.28. The van der Waals surface area contributed by atoms with Gasteiger partial charge in [-0.3, -0.25) is 4.79 Å². The van der Waals surface area contributed by atoms with E-state index in [1.165, 1.54) is 18.2 Å². The summed E-state index contributed by atoms with van der Waals surface area (Å²) < 4.78 is 26.6. The second-order valence-corrected chi connectivity index (χ2v) is 5.07. The highest BCUT2D eigenvalue weighted by Gasteiger charge is 2.11. The van der Waals surface area contributed by atoms with Gasteiger partial charge in [0.25, 0.3) is 0 Å². The first-order valence-electron chi connectivity index (χ1n) is 6.21. The van der Waals surface area contributed by atoms with E-state index in [1.54, 1.807) is 6.07 Å². The van der Waals surface area contributed by atoms with Gasteiger partial charge in [0.05, 0.1) is 22.8 Å². The van der Waals surface area contributed by atoms with Gasteiger partial charge in [-0.15, -0.1) is 0 Å². The lowest BCUT2D eigenvalue weighted by atomic mass is 10.1. The third kappa shape index (κ3) is 2.34. The molecule has 0 saturated heterocycles. The monoisotopic (exact) mass is 316 g/mol. The van der Waals surface area contributed by atoms with Crippen LogP contribution in [0.2, 0.25) is 5.02 Å². The van der Waals surface area contributed by atoms with Crippen LogP contribution in [0.3, 0.4) is 0 Å². The molecule has 22 heavy (non-hydrogen) atoms. The van der Waals surface area contributed by atoms with E-state index in [2.05, 4.69) is 4.98 Å². The van der Waals surface area contributed by atoms with Gasteiger partial charge in [-0.1, -0.05) is 11.6 Å². The molecule has 1 aromatic heterocycles. The number of aromatic nitrogens is 1. The largest absolute Gasteiger partial charge is 0.354 e. The van der Waals surface area contributed by atoms with Crippen LogP contribution in [0.5, 0.6) is 0 Å². The Morgan fingerprint density at radius 1 is 1.09 bits per heavy atom. The Morgan fingerprint density at radius 3 is 2.55 bits per heavy atom. The van der Waals surface area contributed by atoms with Crippen molar-refractivity contribution in [2.45, 2.75) is 0 Å². The molecule has 0 aliphatic carbocycles. The van der Waals surface area contributed by atoms with Crippen LogP contribution in [0.25, 0.3) is 22.2 Å². The summed E-state index contributed by atoms with van der Waals surface area (Å²) in [6.45, 7) is 0. The van der Waals surface area contributed by atoms with Crippen molar-refractivity contribution in [1.29, 1.82) is 5.26 Å². The SMILES string of the molecule is N#Cc1ccc(Cl)c(-c2cc(=O)c3cc(F)c(F)cc3[nH]2)c1. The lowest BCUT2D eigenvalue weighted by Gasteiger charge is -2.07. The van der Waals surface area contributed by atoms with Crippen LogP contribution in [-0.2, 0) is 0 Å². The van der Waals surface area contributed by atoms with Crippen LogP contribution >= 0.6 is 11.6 Å². The summed E-state index contributed by atoms with van der Waals surface area (Å²) in [7, 11) is 0. The fourth-order valence-electron chi connectivity index (χ4n) is 2.19. The van der Waals surface area contributed by atoms with Crippen molar-refractivity contribution >= 4 is 22.5 Å². The first-order chi connectivity index (χ1) is 10.5. The minimum atomic E-state index is -1.09. The number of nitrogens with zero attached hydrogens (tertiary/aromatic N) is 1. The third-order valence-electron chi connectivity index (χ3n) is 3.26. The van der Waals surface area contributed by atoms with Crippen LogP contribution in [0, 0.1) is 23.0 Å². The summed E-state index contributed by atoms with van der Waals surface area (Å²) in [5.41, 5.74) is 0.807. The number of hydrogen-bond donors (Lipinski definition) is 1. The van der Waals surface area contributed by atoms with Gasteiger partial charge in [0.2, 0.25) is 0 Å². The molecule has 3 rings (SSSR count). The predicted molar refractivity (Wildman–Crippen MR) is 79.6 cm³/mol. The molecule has 3 aromatic rings. The van der Waals surface area contributed by atoms with Crippen molar-refractivity contribution in [3.8, 4) is 17.3 Å². The van der Waals surface area contributed by atoms with Crippen molar-refractivity contribution in [2.24, 2.45) is 0 Å². The number of aromatic amines is 1. The Balaban J connectivity index is 2.32. The zero-order valence-corrected chi connectivity index (χ0v) is 11.7. The van der Waals surface area contributed by atoms with E-state index >= 15 is 0 Å². The maximum atomic E-state index is 13.3. The summed E-state index contributed by atoms with van der Waals surface area (Å²) in [6, 6.07) is 9.56. The smallest absolute Gasteiger partial charge is 0.190 e. The molecular weight excluding hydrogens is 310 g/mol. The summed E-state index contributed by atoms with van der Waals surface area (Å²) in [4.78, 5) is 14.9. The first kappa shape index (κ1) is 14.2. The highest BCUT2D eigenvalue weighted by atomic mass is 35.5. The standard InChI is InChI=1S/C16H7ClF2N2O/c17-11-2-1-8(7-20)3-9(11)15-6-16(22)10-4-12(18)13(19)5-14(10)21-15/h1-6H,(H,21,22). The van der Waals surface area contributed by atoms with E-state index < -0.39 is 17.1 Å². The molecule has 0 aliphatic rings. The molecule has 0 amide bonds. The molecule has 3 nitrogen and oxygen atoms in total. The lowest BCUT2D eigenvalue weighted by molar-refractivity contribution is 0.510. The maximum absolute atomic E-state index is 13.3. The van der Waals surface area contributed by atoms with Gasteiger partial charge in [0, 0.05) is 28.1 Å². The topological polar surface area (TPSA) is 56.6 Å². The van der Waals surface area contributed by atoms with E-state index in [-0.39, 0.29) is 10.9 Å². The number of halogens is 3. The molecule has 2 aromatic carbocycles. The molecule has 0 aliphatic heterocycles. The lowest BCUT2D eigenvalue weighted by Crippen LogP contribution is -2.04. The Morgan fingerprint density at radius 2 is 1.82 bits per heavy atom. The average Bonchev–Trinajstić information content (AvgIpc) is 2.49. The fraction of sp³-hybridized carbons (Fsp3) is 0. The number of H-pyrrole nitrogens is 1. The van der Waals surface area contributed by atoms with Gasteiger partial charge < -0.3 is 4.98 Å². The minimum Gasteiger partial charge on any atom is -0.354 e. The molecule has 0 bridgehead atoms. The molecule has 0 spiro atoms. The first-order valence-corrected chi connectivity index (χ1v) is 6.59. The van der Waals surface area contributed by atoms with E-state index in [0.717, 1.165) is 12.1 Å². The molecule has 1 N–H and O–H groups in total. The number of fused-ring (bicyclic) bond motifs is 1. The van der Waals surface area contributed by atoms with Gasteiger partial charge >= 0.3 is 0 Å². The molecule has 0 radical (unpaired) electrons. The zero-order valence-electron chi connectivity index (χ0n) is 11.0. The molecule has 108 valence electrons. The second-order valence-electron chi connectivity index (χ2n) is 4.67. The third-order valence-corrected chi connectivity index (χ3v) is 3.59. The van der Waals surface area contributed by atoms with Crippen LogP contribution in [-0.4, -0.2) is 4.98 Å². The molecule has 0 fully saturated rings. The number of nitriles is 1. The Labute approximate surface area is 128 Å². The van der Waals surface area contributed by atoms with Crippen LogP contribution < -0.4 is 5.43 Å². The zero-order chi connectivity index (χ0) is 15.9. The summed E-state index contributed by atoms with van der Waals surface area (Å²) >= 11 is 6.08. The predicted octanol–water partition coefficient (Wildman–Crippen LogP) is 4.00. The van der Waals surface area contributed by atoms with Crippen molar-refractivity contribution in [2.75, 3.05) is 0 Å². The molecule has 0 atom stereocenters. The number of benzene rings is 2. The minimum absolute atomic E-state index is 0.0372. The van der Waals surface area contributed by atoms with E-state index in [1.807, 2.05) is 6.07 Å². The Kier molecular flexibility index (Phi) is 3.39. The number of pyridine rings is 1. The van der Waals surface area contributed by atoms with E-state index in [9.17, 15) is 13.6 Å². The molecule has 0 saturated carbocycles. The van der Waals surface area contributed by atoms with Gasteiger partial charge in [0.15, 0.2) is 17.1 Å². The Hall–Kier alpha value is -2.71. The number of rotatable bonds is 1. The molecule has 1 heterocycles. The van der Waals surface area contributed by atoms with Crippen molar-refractivity contribution in [1.82, 2.24) is 4.98 Å². The van der Waals surface area contributed by atoms with Crippen LogP contribution in [0.4, 0.5) is 8.78 Å². The summed E-state index contributed by atoms with van der Waals surface area (Å²) in [6.07, 6.45) is 0. The van der Waals surface area contributed by atoms with Crippen molar-refractivity contribution < 1.29 is 8.78 Å².